The molecule has 0 N–H and O–H groups in total. The fourth-order valence-corrected chi connectivity index (χ4v) is 15.5. The maximum Gasteiger partial charge on any atom is -0.0132 e. The Morgan fingerprint density at radius 3 is 0.439 bits per heavy atom. The zero-order valence-electron chi connectivity index (χ0n) is 66.8. The van der Waals surface area contributed by atoms with E-state index in [1.54, 1.807) is 0 Å². The number of hydrogen-bond acceptors (Lipinski definition) is 0. The molecule has 0 aromatic heterocycles. The molecule has 0 amide bonds. The van der Waals surface area contributed by atoms with Gasteiger partial charge in [-0.25, -0.2) is 0 Å². The average molecular weight is 1310 g/mol. The Labute approximate surface area is 601 Å². The predicted octanol–water partition coefficient (Wildman–Crippen LogP) is 28.8. The molecular formula is C98H134. The fourth-order valence-electron chi connectivity index (χ4n) is 15.5. The Morgan fingerprint density at radius 2 is 0.296 bits per heavy atom. The summed E-state index contributed by atoms with van der Waals surface area (Å²) in [6.45, 7) is 61.5. The van der Waals surface area contributed by atoms with Crippen molar-refractivity contribution in [1.82, 2.24) is 0 Å². The summed E-state index contributed by atoms with van der Waals surface area (Å²) in [4.78, 5) is 0. The Hall–Kier alpha value is -6.24. The van der Waals surface area contributed by atoms with E-state index in [0.717, 1.165) is 51.4 Å². The third-order valence-corrected chi connectivity index (χ3v) is 22.6. The largest absolute Gasteiger partial charge is 0.0648 e. The molecule has 0 saturated carbocycles. The first-order valence-electron chi connectivity index (χ1n) is 38.3. The van der Waals surface area contributed by atoms with Crippen molar-refractivity contribution >= 4 is 0 Å². The van der Waals surface area contributed by atoms with E-state index in [0.29, 0.717) is 23.7 Å². The van der Waals surface area contributed by atoms with Crippen LogP contribution in [0.15, 0.2) is 194 Å². The topological polar surface area (TPSA) is 0 Å². The molecule has 8 aromatic rings. The van der Waals surface area contributed by atoms with Crippen molar-refractivity contribution in [2.24, 2.45) is 0 Å². The first kappa shape index (κ1) is 77.5. The summed E-state index contributed by atoms with van der Waals surface area (Å²) in [5.41, 5.74) is 23.4. The molecule has 0 radical (unpaired) electrons. The van der Waals surface area contributed by atoms with Crippen molar-refractivity contribution in [3.05, 3.63) is 283 Å². The molecule has 0 heterocycles. The summed E-state index contributed by atoms with van der Waals surface area (Å²) < 4.78 is 0. The van der Waals surface area contributed by atoms with Gasteiger partial charge in [0.2, 0.25) is 0 Å². The summed E-state index contributed by atoms with van der Waals surface area (Å²) in [5.74, 6) is 2.56. The normalized spacial score (nSPS) is 15.7. The van der Waals surface area contributed by atoms with Gasteiger partial charge >= 0.3 is 0 Å². The molecule has 0 aliphatic rings. The van der Waals surface area contributed by atoms with Gasteiger partial charge < -0.3 is 0 Å². The van der Waals surface area contributed by atoms with Crippen molar-refractivity contribution in [2.75, 3.05) is 0 Å². The van der Waals surface area contributed by atoms with Crippen molar-refractivity contribution < 1.29 is 0 Å². The molecular weight excluding hydrogens is 1180 g/mol. The van der Waals surface area contributed by atoms with Crippen molar-refractivity contribution in [1.29, 1.82) is 0 Å². The zero-order valence-corrected chi connectivity index (χ0v) is 66.8. The molecule has 8 rings (SSSR count). The smallest absolute Gasteiger partial charge is 0.0132 e. The zero-order chi connectivity index (χ0) is 72.1. The first-order chi connectivity index (χ1) is 45.4. The Balaban J connectivity index is 1.32. The van der Waals surface area contributed by atoms with Crippen LogP contribution < -0.4 is 0 Å². The highest BCUT2D eigenvalue weighted by molar-refractivity contribution is 5.40. The van der Waals surface area contributed by atoms with E-state index in [9.17, 15) is 0 Å². The van der Waals surface area contributed by atoms with Gasteiger partial charge in [0.05, 0.1) is 0 Å². The molecule has 0 bridgehead atoms. The molecule has 0 heteroatoms. The van der Waals surface area contributed by atoms with Crippen LogP contribution in [0.4, 0.5) is 0 Å². The van der Waals surface area contributed by atoms with Crippen LogP contribution in [0.5, 0.6) is 0 Å². The molecule has 0 nitrogen and oxygen atoms in total. The molecule has 8 atom stereocenters. The SMILES string of the molecule is CCC(CC(CC(CC(CC(CC(CC(CC(C)c1ccc(C(C)(C)C)cc1)c1ccc(C(C)(C)C)cc1)c1ccc(C(C)(C)C)cc1)c1ccc(C(C)(C)C)cc1)c1ccc(C(C)(C)C)cc1)c1ccc(C(C)(C)C)cc1)c1ccc(C(C)(C)C)cc1)c1ccc(C(C)(C)C)cc1. The van der Waals surface area contributed by atoms with E-state index in [4.69, 9.17) is 0 Å². The molecule has 8 aromatic carbocycles. The highest BCUT2D eigenvalue weighted by Crippen LogP contribution is 2.50. The van der Waals surface area contributed by atoms with Crippen molar-refractivity contribution in [3.63, 3.8) is 0 Å². The van der Waals surface area contributed by atoms with Gasteiger partial charge in [-0.15, -0.1) is 0 Å². The molecule has 0 spiro atoms. The molecule has 0 saturated heterocycles. The van der Waals surface area contributed by atoms with Gasteiger partial charge in [-0.2, -0.15) is 0 Å². The van der Waals surface area contributed by atoms with E-state index < -0.39 is 0 Å². The van der Waals surface area contributed by atoms with E-state index in [1.807, 2.05) is 0 Å². The highest BCUT2D eigenvalue weighted by atomic mass is 14.4. The van der Waals surface area contributed by atoms with Gasteiger partial charge in [-0.1, -0.05) is 374 Å². The van der Waals surface area contributed by atoms with Crippen LogP contribution in [-0.4, -0.2) is 0 Å². The summed E-state index contributed by atoms with van der Waals surface area (Å²) in [6.07, 6.45) is 8.54. The summed E-state index contributed by atoms with van der Waals surface area (Å²) >= 11 is 0. The van der Waals surface area contributed by atoms with Gasteiger partial charge in [0, 0.05) is 0 Å². The van der Waals surface area contributed by atoms with Crippen LogP contribution in [0.25, 0.3) is 0 Å². The maximum absolute atomic E-state index is 2.55. The lowest BCUT2D eigenvalue weighted by molar-refractivity contribution is 0.376. The predicted molar refractivity (Wildman–Crippen MR) is 431 cm³/mol. The fraction of sp³-hybridized carbons (Fsp3) is 0.510. The summed E-state index contributed by atoms with van der Waals surface area (Å²) in [7, 11) is 0. The molecule has 0 aliphatic carbocycles. The monoisotopic (exact) mass is 1310 g/mol. The van der Waals surface area contributed by atoms with Crippen LogP contribution in [0.2, 0.25) is 0 Å². The molecule has 526 valence electrons. The number of rotatable bonds is 23. The lowest BCUT2D eigenvalue weighted by Gasteiger charge is -2.34. The minimum Gasteiger partial charge on any atom is -0.0648 e. The van der Waals surface area contributed by atoms with Crippen LogP contribution >= 0.6 is 0 Å². The van der Waals surface area contributed by atoms with Gasteiger partial charge in [0.15, 0.2) is 0 Å². The van der Waals surface area contributed by atoms with Crippen LogP contribution in [0, 0.1) is 0 Å². The van der Waals surface area contributed by atoms with Crippen molar-refractivity contribution in [3.8, 4) is 0 Å². The lowest BCUT2D eigenvalue weighted by Crippen LogP contribution is -2.19. The Bertz CT molecular complexity index is 3720. The van der Waals surface area contributed by atoms with E-state index >= 15 is 0 Å². The number of benzene rings is 8. The highest BCUT2D eigenvalue weighted by Gasteiger charge is 2.34. The van der Waals surface area contributed by atoms with Gasteiger partial charge in [-0.3, -0.25) is 0 Å². The minimum absolute atomic E-state index is 0.0358. The van der Waals surface area contributed by atoms with Crippen LogP contribution in [-0.2, 0) is 43.3 Å². The third-order valence-electron chi connectivity index (χ3n) is 22.6. The standard InChI is InChI=1S/C98H134/c1-27-68(70-30-46-84(47-31-70)92(6,7)8)61-78(72-34-50-86(51-35-72)94(12,13)14)63-80(74-38-54-88(55-39-74)96(18,19)20)65-82(76-42-58-90(59-43-76)98(24,25)26)66-81(75-40-56-89(57-41-75)97(21,22)23)64-79(73-36-52-87(53-37-73)95(15,16)17)62-77(71-32-48-85(49-33-71)93(9,10)11)60-67(2)69-28-44-83(45-29-69)91(3,4)5/h28-59,67-68,77-82H,27,60-66H2,1-26H3. The Morgan fingerprint density at radius 1 is 0.173 bits per heavy atom. The van der Waals surface area contributed by atoms with Crippen LogP contribution in [0.1, 0.15) is 368 Å². The maximum atomic E-state index is 2.55. The van der Waals surface area contributed by atoms with E-state index in [2.05, 4.69) is 374 Å². The molecule has 0 aliphatic heterocycles. The summed E-state index contributed by atoms with van der Waals surface area (Å²) in [6, 6.07) is 79.4. The molecule has 98 heavy (non-hydrogen) atoms. The van der Waals surface area contributed by atoms with Gasteiger partial charge in [-0.05, 0) is 231 Å². The average Bonchev–Trinajstić information content (AvgIpc) is 0.979. The van der Waals surface area contributed by atoms with Crippen LogP contribution in [0.3, 0.4) is 0 Å². The van der Waals surface area contributed by atoms with Crippen molar-refractivity contribution in [2.45, 2.75) is 322 Å². The van der Waals surface area contributed by atoms with E-state index in [-0.39, 0.29) is 67.0 Å². The first-order valence-corrected chi connectivity index (χ1v) is 38.3. The molecule has 8 unspecified atom stereocenters. The lowest BCUT2D eigenvalue weighted by atomic mass is 9.70. The second kappa shape index (κ2) is 30.9. The second-order valence-electron chi connectivity index (χ2n) is 38.8. The van der Waals surface area contributed by atoms with Gasteiger partial charge in [0.25, 0.3) is 0 Å². The Kier molecular flexibility index (Phi) is 24.5. The molecule has 0 fully saturated rings. The third kappa shape index (κ3) is 20.9. The second-order valence-corrected chi connectivity index (χ2v) is 38.8. The summed E-state index contributed by atoms with van der Waals surface area (Å²) in [5, 5.41) is 0. The minimum atomic E-state index is 0.0358. The number of hydrogen-bond donors (Lipinski definition) is 0. The van der Waals surface area contributed by atoms with Gasteiger partial charge in [0.1, 0.15) is 0 Å². The quantitative estimate of drug-likeness (QED) is 0.0599. The van der Waals surface area contributed by atoms with E-state index in [1.165, 1.54) is 89.0 Å².